The summed E-state index contributed by atoms with van der Waals surface area (Å²) in [5, 5.41) is 25.6. The van der Waals surface area contributed by atoms with Crippen molar-refractivity contribution in [2.45, 2.75) is 112 Å². The zero-order valence-corrected chi connectivity index (χ0v) is 25.9. The van der Waals surface area contributed by atoms with E-state index < -0.39 is 28.2 Å². The average molecular weight is 565 g/mol. The maximum Gasteiger partial charge on any atom is 0.311 e. The molecule has 4 saturated carbocycles. The number of carbonyl (C=O) groups excluding carboxylic acids is 1. The van der Waals surface area contributed by atoms with Gasteiger partial charge in [-0.3, -0.25) is 19.1 Å². The molecule has 0 saturated heterocycles. The highest BCUT2D eigenvalue weighted by Crippen LogP contribution is 2.75. The first-order chi connectivity index (χ1) is 19.0. The molecule has 0 bridgehead atoms. The number of allylic oxidation sites excluding steroid dienone is 2. The summed E-state index contributed by atoms with van der Waals surface area (Å²) >= 11 is 0. The Bertz CT molecular complexity index is 1360. The van der Waals surface area contributed by atoms with Gasteiger partial charge in [0.15, 0.2) is 5.78 Å². The topological polar surface area (TPSA) is 109 Å². The van der Waals surface area contributed by atoms with Crippen LogP contribution in [-0.4, -0.2) is 37.7 Å². The van der Waals surface area contributed by atoms with Gasteiger partial charge in [0.05, 0.1) is 22.6 Å². The minimum Gasteiger partial charge on any atom is -0.481 e. The number of ketones is 1. The van der Waals surface area contributed by atoms with Crippen LogP contribution >= 0.6 is 0 Å². The molecule has 6 rings (SSSR count). The lowest BCUT2D eigenvalue weighted by atomic mass is 9.33. The second-order valence-electron chi connectivity index (χ2n) is 16.1. The fourth-order valence-corrected chi connectivity index (χ4v) is 11.4. The number of hydrogen-bond donors (Lipinski definition) is 2. The van der Waals surface area contributed by atoms with Crippen LogP contribution in [0.15, 0.2) is 23.9 Å². The van der Waals surface area contributed by atoms with Gasteiger partial charge in [-0.1, -0.05) is 33.3 Å². The second kappa shape index (κ2) is 8.57. The fraction of sp³-hybridized carbons (Fsp3) is 0.765. The molecule has 41 heavy (non-hydrogen) atoms. The Kier molecular flexibility index (Phi) is 5.99. The standard InChI is InChI=1S/C34H48N2O5/c1-20-10-17-36(35-20)25-9-11-31(4)24(34(25,7)28(40)41)8-12-33(6)26(31)23(37)18-21-22-19-30(3,27(38)39)14-13-29(22,2)15-16-32(21,33)5/h10,17-18,22,24-26H,8-9,11-16,19H2,1-7H3,(H,38,39)(H,40,41)/t22-,24+,25-,26+,29+,30-,31-,32+,33+,34-/m0/s1. The number of aliphatic carboxylic acids is 2. The summed E-state index contributed by atoms with van der Waals surface area (Å²) in [6, 6.07) is 1.67. The third-order valence-corrected chi connectivity index (χ3v) is 14.3. The van der Waals surface area contributed by atoms with Crippen molar-refractivity contribution in [3.8, 4) is 0 Å². The Labute approximate surface area is 244 Å². The Morgan fingerprint density at radius 1 is 0.927 bits per heavy atom. The van der Waals surface area contributed by atoms with Crippen LogP contribution in [-0.2, 0) is 14.4 Å². The number of carboxylic acids is 2. The molecule has 1 aromatic heterocycles. The third kappa shape index (κ3) is 3.50. The SMILES string of the molecule is Cc1ccn([C@H]2CC[C@@]3(C)[C@@H](CC[C@]4(C)[C@@H]3C(=O)C=C3[C@@H]5C[C@@](C)(C(=O)O)CC[C@]5(C)CC[C@]34C)[C@]2(C)C(=O)O)n1. The number of carbonyl (C=O) groups is 3. The number of hydrogen-bond acceptors (Lipinski definition) is 4. The molecular weight excluding hydrogens is 516 g/mol. The number of aromatic nitrogens is 2. The molecule has 0 aromatic carbocycles. The molecule has 1 heterocycles. The van der Waals surface area contributed by atoms with Gasteiger partial charge in [0.2, 0.25) is 0 Å². The molecule has 7 heteroatoms. The van der Waals surface area contributed by atoms with Gasteiger partial charge in [0.1, 0.15) is 0 Å². The lowest BCUT2D eigenvalue weighted by Crippen LogP contribution is -2.67. The van der Waals surface area contributed by atoms with Gasteiger partial charge in [-0.15, -0.1) is 0 Å². The van der Waals surface area contributed by atoms with Crippen LogP contribution in [0.25, 0.3) is 0 Å². The lowest BCUT2D eigenvalue weighted by molar-refractivity contribution is -0.205. The van der Waals surface area contributed by atoms with Crippen LogP contribution in [0.2, 0.25) is 0 Å². The van der Waals surface area contributed by atoms with Crippen molar-refractivity contribution >= 4 is 17.7 Å². The number of aryl methyl sites for hydroxylation is 1. The van der Waals surface area contributed by atoms with Crippen molar-refractivity contribution in [2.75, 3.05) is 0 Å². The van der Waals surface area contributed by atoms with E-state index in [1.165, 1.54) is 5.57 Å². The summed E-state index contributed by atoms with van der Waals surface area (Å²) in [5.41, 5.74) is -0.748. The molecule has 4 fully saturated rings. The van der Waals surface area contributed by atoms with Crippen molar-refractivity contribution in [1.29, 1.82) is 0 Å². The molecule has 224 valence electrons. The molecule has 0 amide bonds. The molecule has 0 aliphatic heterocycles. The second-order valence-corrected chi connectivity index (χ2v) is 16.1. The third-order valence-electron chi connectivity index (χ3n) is 14.3. The summed E-state index contributed by atoms with van der Waals surface area (Å²) in [5.74, 6) is -1.74. The van der Waals surface area contributed by atoms with Gasteiger partial charge in [-0.2, -0.15) is 5.10 Å². The van der Waals surface area contributed by atoms with E-state index in [1.807, 2.05) is 43.8 Å². The zero-order valence-electron chi connectivity index (χ0n) is 25.9. The van der Waals surface area contributed by atoms with E-state index in [1.54, 1.807) is 0 Å². The highest BCUT2D eigenvalue weighted by Gasteiger charge is 2.72. The maximum absolute atomic E-state index is 14.5. The Morgan fingerprint density at radius 3 is 2.22 bits per heavy atom. The largest absolute Gasteiger partial charge is 0.481 e. The van der Waals surface area contributed by atoms with Crippen LogP contribution in [0.5, 0.6) is 0 Å². The maximum atomic E-state index is 14.5. The normalized spacial score (nSPS) is 49.1. The summed E-state index contributed by atoms with van der Waals surface area (Å²) in [6.45, 7) is 14.9. The van der Waals surface area contributed by atoms with E-state index in [0.717, 1.165) is 44.2 Å². The zero-order chi connectivity index (χ0) is 30.0. The van der Waals surface area contributed by atoms with Gasteiger partial charge in [0.25, 0.3) is 0 Å². The van der Waals surface area contributed by atoms with Crippen LogP contribution in [0.1, 0.15) is 111 Å². The highest BCUT2D eigenvalue weighted by molar-refractivity contribution is 5.96. The first kappa shape index (κ1) is 28.7. The van der Waals surface area contributed by atoms with Crippen LogP contribution < -0.4 is 0 Å². The monoisotopic (exact) mass is 564 g/mol. The van der Waals surface area contributed by atoms with E-state index in [-0.39, 0.29) is 45.8 Å². The van der Waals surface area contributed by atoms with Crippen molar-refractivity contribution in [3.63, 3.8) is 0 Å². The Morgan fingerprint density at radius 2 is 1.61 bits per heavy atom. The van der Waals surface area contributed by atoms with Crippen LogP contribution in [0.4, 0.5) is 0 Å². The van der Waals surface area contributed by atoms with Crippen molar-refractivity contribution in [3.05, 3.63) is 29.6 Å². The minimum atomic E-state index is -1.05. The molecule has 2 N–H and O–H groups in total. The molecule has 5 aliphatic carbocycles. The molecule has 7 nitrogen and oxygen atoms in total. The summed E-state index contributed by atoms with van der Waals surface area (Å²) in [7, 11) is 0. The van der Waals surface area contributed by atoms with E-state index in [9.17, 15) is 24.6 Å². The number of nitrogens with zero attached hydrogens (tertiary/aromatic N) is 2. The summed E-state index contributed by atoms with van der Waals surface area (Å²) in [6.07, 6.45) is 11.0. The Hall–Kier alpha value is -2.44. The molecule has 10 atom stereocenters. The smallest absolute Gasteiger partial charge is 0.311 e. The molecule has 1 aromatic rings. The van der Waals surface area contributed by atoms with E-state index in [4.69, 9.17) is 0 Å². The number of carboxylic acid groups (broad SMARTS) is 2. The van der Waals surface area contributed by atoms with E-state index in [2.05, 4.69) is 32.8 Å². The molecule has 0 spiro atoms. The molecule has 0 unspecified atom stereocenters. The van der Waals surface area contributed by atoms with Gasteiger partial charge in [-0.25, -0.2) is 0 Å². The van der Waals surface area contributed by atoms with E-state index >= 15 is 0 Å². The van der Waals surface area contributed by atoms with Gasteiger partial charge < -0.3 is 10.2 Å². The van der Waals surface area contributed by atoms with Gasteiger partial charge >= 0.3 is 11.9 Å². The predicted octanol–water partition coefficient (Wildman–Crippen LogP) is 6.86. The lowest BCUT2D eigenvalue weighted by Gasteiger charge is -2.70. The van der Waals surface area contributed by atoms with Gasteiger partial charge in [-0.05, 0) is 124 Å². The number of fused-ring (bicyclic) bond motifs is 7. The predicted molar refractivity (Wildman–Crippen MR) is 155 cm³/mol. The average Bonchev–Trinajstić information content (AvgIpc) is 3.31. The molecule has 0 radical (unpaired) electrons. The first-order valence-electron chi connectivity index (χ1n) is 15.7. The van der Waals surface area contributed by atoms with Crippen LogP contribution in [0.3, 0.4) is 0 Å². The summed E-state index contributed by atoms with van der Waals surface area (Å²) in [4.78, 5) is 40.1. The van der Waals surface area contributed by atoms with Crippen LogP contribution in [0, 0.1) is 57.2 Å². The van der Waals surface area contributed by atoms with Crippen molar-refractivity contribution < 1.29 is 24.6 Å². The van der Waals surface area contributed by atoms with Crippen molar-refractivity contribution in [2.24, 2.45) is 50.2 Å². The fourth-order valence-electron chi connectivity index (χ4n) is 11.4. The highest BCUT2D eigenvalue weighted by atomic mass is 16.4. The molecular formula is C34H48N2O5. The number of rotatable bonds is 3. The molecule has 5 aliphatic rings. The first-order valence-corrected chi connectivity index (χ1v) is 15.7. The van der Waals surface area contributed by atoms with Crippen molar-refractivity contribution in [1.82, 2.24) is 9.78 Å². The minimum absolute atomic E-state index is 0.00667. The quantitative estimate of drug-likeness (QED) is 0.415. The van der Waals surface area contributed by atoms with Gasteiger partial charge in [0, 0.05) is 12.1 Å². The van der Waals surface area contributed by atoms with E-state index in [0.29, 0.717) is 19.3 Å². The Balaban J connectivity index is 1.45. The summed E-state index contributed by atoms with van der Waals surface area (Å²) < 4.78 is 1.86.